The van der Waals surface area contributed by atoms with Crippen molar-refractivity contribution in [3.63, 3.8) is 0 Å². The number of hydrogen-bond donors (Lipinski definition) is 1. The third kappa shape index (κ3) is 4.57. The molecular formula is C21H29N5O3S. The highest BCUT2D eigenvalue weighted by Gasteiger charge is 2.29. The number of nitrogens with one attached hydrogen (secondary N) is 1. The molecule has 2 fully saturated rings. The van der Waals surface area contributed by atoms with Gasteiger partial charge in [0.15, 0.2) is 0 Å². The van der Waals surface area contributed by atoms with Crippen molar-refractivity contribution in [2.45, 2.75) is 62.8 Å². The Morgan fingerprint density at radius 3 is 2.60 bits per heavy atom. The predicted octanol–water partition coefficient (Wildman–Crippen LogP) is 2.75. The van der Waals surface area contributed by atoms with Gasteiger partial charge in [0, 0.05) is 31.5 Å². The van der Waals surface area contributed by atoms with Crippen molar-refractivity contribution < 1.29 is 13.2 Å². The Hall–Kier alpha value is -2.26. The fraction of sp³-hybridized carbons (Fsp3) is 0.571. The zero-order valence-corrected chi connectivity index (χ0v) is 18.1. The first-order chi connectivity index (χ1) is 14.4. The molecule has 2 aromatic heterocycles. The number of rotatable bonds is 5. The number of sulfonamides is 1. The minimum absolute atomic E-state index is 0.181. The van der Waals surface area contributed by atoms with Gasteiger partial charge in [0.25, 0.3) is 5.91 Å². The standard InChI is InChI=1S/C21H29N5O3S/c1-16-6-5-11-26(13-16)30(28,29)18-9-10-20(22-12-18)25-14-19(23-15-25)21(27)24-17-7-3-2-4-8-17/h9-10,12,14-17H,2-8,11,13H2,1H3,(H,24,27)/t16-/m1/s1. The monoisotopic (exact) mass is 431 g/mol. The van der Waals surface area contributed by atoms with Crippen LogP contribution in [-0.4, -0.2) is 52.3 Å². The highest BCUT2D eigenvalue weighted by Crippen LogP contribution is 2.23. The van der Waals surface area contributed by atoms with Crippen molar-refractivity contribution >= 4 is 15.9 Å². The van der Waals surface area contributed by atoms with Crippen LogP contribution in [0.5, 0.6) is 0 Å². The largest absolute Gasteiger partial charge is 0.348 e. The molecule has 0 aromatic carbocycles. The highest BCUT2D eigenvalue weighted by molar-refractivity contribution is 7.89. The molecule has 30 heavy (non-hydrogen) atoms. The van der Waals surface area contributed by atoms with E-state index in [0.29, 0.717) is 30.5 Å². The maximum Gasteiger partial charge on any atom is 0.271 e. The van der Waals surface area contributed by atoms with Gasteiger partial charge in [-0.3, -0.25) is 9.36 Å². The van der Waals surface area contributed by atoms with Crippen LogP contribution in [0.4, 0.5) is 0 Å². The lowest BCUT2D eigenvalue weighted by atomic mass is 9.95. The van der Waals surface area contributed by atoms with E-state index in [1.165, 1.54) is 18.9 Å². The zero-order valence-electron chi connectivity index (χ0n) is 17.3. The van der Waals surface area contributed by atoms with Crippen LogP contribution in [0.1, 0.15) is 62.4 Å². The molecule has 1 saturated heterocycles. The molecule has 1 aliphatic carbocycles. The Labute approximate surface area is 177 Å². The third-order valence-corrected chi connectivity index (χ3v) is 7.85. The lowest BCUT2D eigenvalue weighted by Gasteiger charge is -2.29. The Kier molecular flexibility index (Phi) is 6.19. The average Bonchev–Trinajstić information content (AvgIpc) is 3.25. The minimum atomic E-state index is -3.54. The number of carbonyl (C=O) groups is 1. The Morgan fingerprint density at radius 2 is 1.90 bits per heavy atom. The first-order valence-corrected chi connectivity index (χ1v) is 12.2. The second-order valence-corrected chi connectivity index (χ2v) is 10.4. The van der Waals surface area contributed by atoms with E-state index in [0.717, 1.165) is 38.5 Å². The summed E-state index contributed by atoms with van der Waals surface area (Å²) in [5.41, 5.74) is 0.335. The summed E-state index contributed by atoms with van der Waals surface area (Å²) in [7, 11) is -3.54. The first kappa shape index (κ1) is 21.0. The van der Waals surface area contributed by atoms with Crippen molar-refractivity contribution in [2.75, 3.05) is 13.1 Å². The Bertz CT molecular complexity index is 980. The predicted molar refractivity (Wildman–Crippen MR) is 113 cm³/mol. The molecule has 8 nitrogen and oxygen atoms in total. The number of aromatic nitrogens is 3. The number of pyridine rings is 1. The lowest BCUT2D eigenvalue weighted by molar-refractivity contribution is 0.0923. The van der Waals surface area contributed by atoms with Gasteiger partial charge in [-0.2, -0.15) is 4.31 Å². The smallest absolute Gasteiger partial charge is 0.271 e. The van der Waals surface area contributed by atoms with Gasteiger partial charge in [0.1, 0.15) is 22.7 Å². The topological polar surface area (TPSA) is 97.2 Å². The van der Waals surface area contributed by atoms with E-state index >= 15 is 0 Å². The van der Waals surface area contributed by atoms with Gasteiger partial charge in [-0.1, -0.05) is 26.2 Å². The van der Waals surface area contributed by atoms with Gasteiger partial charge < -0.3 is 5.32 Å². The quantitative estimate of drug-likeness (QED) is 0.785. The van der Waals surface area contributed by atoms with Crippen LogP contribution in [0.2, 0.25) is 0 Å². The van der Waals surface area contributed by atoms with E-state index in [1.807, 2.05) is 0 Å². The number of imidazole rings is 1. The van der Waals surface area contributed by atoms with Crippen LogP contribution < -0.4 is 5.32 Å². The summed E-state index contributed by atoms with van der Waals surface area (Å²) in [6.07, 6.45) is 12.0. The normalized spacial score (nSPS) is 21.4. The van der Waals surface area contributed by atoms with Crippen LogP contribution in [-0.2, 0) is 10.0 Å². The maximum absolute atomic E-state index is 12.9. The minimum Gasteiger partial charge on any atom is -0.348 e. The molecule has 1 aliphatic heterocycles. The summed E-state index contributed by atoms with van der Waals surface area (Å²) in [4.78, 5) is 21.1. The molecule has 1 atom stereocenters. The van der Waals surface area contributed by atoms with E-state index in [2.05, 4.69) is 22.2 Å². The number of carbonyl (C=O) groups excluding carboxylic acids is 1. The summed E-state index contributed by atoms with van der Waals surface area (Å²) in [5.74, 6) is 0.703. The van der Waals surface area contributed by atoms with Crippen molar-refractivity contribution in [1.82, 2.24) is 24.2 Å². The molecular weight excluding hydrogens is 402 g/mol. The van der Waals surface area contributed by atoms with E-state index in [4.69, 9.17) is 0 Å². The molecule has 0 radical (unpaired) electrons. The van der Waals surface area contributed by atoms with Crippen LogP contribution in [0.15, 0.2) is 35.7 Å². The second kappa shape index (κ2) is 8.85. The maximum atomic E-state index is 12.9. The Balaban J connectivity index is 1.45. The molecule has 2 aromatic rings. The molecule has 1 N–H and O–H groups in total. The molecule has 3 heterocycles. The van der Waals surface area contributed by atoms with Gasteiger partial charge >= 0.3 is 0 Å². The second-order valence-electron chi connectivity index (χ2n) is 8.44. The molecule has 9 heteroatoms. The number of piperidine rings is 1. The third-order valence-electron chi connectivity index (χ3n) is 6.00. The molecule has 1 amide bonds. The van der Waals surface area contributed by atoms with Crippen molar-refractivity contribution in [1.29, 1.82) is 0 Å². The summed E-state index contributed by atoms with van der Waals surface area (Å²) >= 11 is 0. The molecule has 0 unspecified atom stereocenters. The zero-order chi connectivity index (χ0) is 21.1. The molecule has 4 rings (SSSR count). The van der Waals surface area contributed by atoms with Crippen LogP contribution >= 0.6 is 0 Å². The van der Waals surface area contributed by atoms with Gasteiger partial charge in [-0.25, -0.2) is 18.4 Å². The molecule has 0 spiro atoms. The summed E-state index contributed by atoms with van der Waals surface area (Å²) in [6, 6.07) is 3.43. The average molecular weight is 432 g/mol. The van der Waals surface area contributed by atoms with E-state index in [9.17, 15) is 13.2 Å². The fourth-order valence-corrected chi connectivity index (χ4v) is 5.81. The highest BCUT2D eigenvalue weighted by atomic mass is 32.2. The van der Waals surface area contributed by atoms with Crippen molar-refractivity contribution in [3.8, 4) is 5.82 Å². The van der Waals surface area contributed by atoms with E-state index < -0.39 is 10.0 Å². The molecule has 162 valence electrons. The van der Waals surface area contributed by atoms with E-state index in [1.54, 1.807) is 27.2 Å². The van der Waals surface area contributed by atoms with Gasteiger partial charge in [0.05, 0.1) is 0 Å². The van der Waals surface area contributed by atoms with E-state index in [-0.39, 0.29) is 16.8 Å². The fourth-order valence-electron chi connectivity index (χ4n) is 4.26. The van der Waals surface area contributed by atoms with Gasteiger partial charge in [-0.05, 0) is 43.7 Å². The van der Waals surface area contributed by atoms with Gasteiger partial charge in [-0.15, -0.1) is 0 Å². The van der Waals surface area contributed by atoms with Crippen LogP contribution in [0, 0.1) is 5.92 Å². The van der Waals surface area contributed by atoms with Crippen LogP contribution in [0.3, 0.4) is 0 Å². The van der Waals surface area contributed by atoms with Crippen molar-refractivity contribution in [2.24, 2.45) is 5.92 Å². The summed E-state index contributed by atoms with van der Waals surface area (Å²) < 4.78 is 28.9. The lowest BCUT2D eigenvalue weighted by Crippen LogP contribution is -2.39. The number of nitrogens with zero attached hydrogens (tertiary/aromatic N) is 4. The number of amides is 1. The first-order valence-electron chi connectivity index (χ1n) is 10.7. The summed E-state index contributed by atoms with van der Waals surface area (Å²) in [5, 5.41) is 3.05. The molecule has 1 saturated carbocycles. The molecule has 2 aliphatic rings. The van der Waals surface area contributed by atoms with Crippen LogP contribution in [0.25, 0.3) is 5.82 Å². The number of hydrogen-bond acceptors (Lipinski definition) is 5. The van der Waals surface area contributed by atoms with Gasteiger partial charge in [0.2, 0.25) is 10.0 Å². The SMILES string of the molecule is C[C@@H]1CCCN(S(=O)(=O)c2ccc(-n3cnc(C(=O)NC4CCCCC4)c3)nc2)C1. The Morgan fingerprint density at radius 1 is 1.10 bits per heavy atom. The van der Waals surface area contributed by atoms with Crippen molar-refractivity contribution in [3.05, 3.63) is 36.5 Å². The summed E-state index contributed by atoms with van der Waals surface area (Å²) in [6.45, 7) is 3.17. The molecule has 0 bridgehead atoms.